The molecule has 4 rings (SSSR count). The summed E-state index contributed by atoms with van der Waals surface area (Å²) in [6, 6.07) is 4.49. The van der Waals surface area contributed by atoms with Crippen LogP contribution in [0.15, 0.2) is 24.5 Å². The number of hydrogen-bond donors (Lipinski definition) is 2. The molecule has 1 aromatic heterocycles. The first kappa shape index (κ1) is 30.3. The molecule has 1 unspecified atom stereocenters. The number of nitrogens with zero attached hydrogens (tertiary/aromatic N) is 3. The third-order valence-corrected chi connectivity index (χ3v) is 6.27. The van der Waals surface area contributed by atoms with Gasteiger partial charge in [-0.3, -0.25) is 14.7 Å². The number of carbonyl (C=O) groups is 3. The molecule has 208 valence electrons. The van der Waals surface area contributed by atoms with Gasteiger partial charge in [-0.1, -0.05) is 0 Å². The summed E-state index contributed by atoms with van der Waals surface area (Å²) in [5.74, 6) is -5.21. The quantitative estimate of drug-likeness (QED) is 0.545. The molecule has 3 aliphatic heterocycles. The maximum atomic E-state index is 13.2. The molecule has 1 aromatic rings. The zero-order valence-corrected chi connectivity index (χ0v) is 19.6. The first-order chi connectivity index (χ1) is 17.2. The predicted octanol–water partition coefficient (Wildman–Crippen LogP) is 3.35. The van der Waals surface area contributed by atoms with Crippen molar-refractivity contribution < 1.29 is 55.7 Å². The maximum absolute atomic E-state index is 13.2. The Morgan fingerprint density at radius 2 is 1.57 bits per heavy atom. The topological polar surface area (TPSA) is 120 Å². The van der Waals surface area contributed by atoms with E-state index in [0.717, 1.165) is 70.6 Å². The van der Waals surface area contributed by atoms with Gasteiger partial charge in [0, 0.05) is 38.5 Å². The summed E-state index contributed by atoms with van der Waals surface area (Å²) < 4.78 is 69.0. The van der Waals surface area contributed by atoms with E-state index in [1.165, 1.54) is 0 Å². The number of carbonyl (C=O) groups excluding carboxylic acids is 1. The van der Waals surface area contributed by atoms with Crippen molar-refractivity contribution in [3.05, 3.63) is 24.5 Å². The molecule has 1 amide bonds. The number of alkyl halides is 6. The van der Waals surface area contributed by atoms with Crippen molar-refractivity contribution >= 4 is 23.5 Å². The molecule has 0 radical (unpaired) electrons. The van der Waals surface area contributed by atoms with Crippen molar-refractivity contribution in [3.63, 3.8) is 0 Å². The third kappa shape index (κ3) is 8.55. The molecule has 3 saturated heterocycles. The maximum Gasteiger partial charge on any atom is 0.490 e. The van der Waals surface area contributed by atoms with Crippen LogP contribution in [-0.2, 0) is 19.1 Å². The number of rotatable bonds is 2. The lowest BCUT2D eigenvalue weighted by atomic mass is 9.77. The Morgan fingerprint density at radius 3 is 2.05 bits per heavy atom. The van der Waals surface area contributed by atoms with Crippen LogP contribution in [0.1, 0.15) is 32.1 Å². The van der Waals surface area contributed by atoms with Crippen LogP contribution in [0, 0.1) is 5.41 Å². The summed E-state index contributed by atoms with van der Waals surface area (Å²) in [5.41, 5.74) is 0.768. The van der Waals surface area contributed by atoms with Crippen molar-refractivity contribution in [1.29, 1.82) is 0 Å². The molecule has 1 atom stereocenters. The Bertz CT molecular complexity index is 900. The molecule has 15 heteroatoms. The first-order valence-electron chi connectivity index (χ1n) is 11.3. The van der Waals surface area contributed by atoms with E-state index in [1.807, 2.05) is 17.0 Å². The van der Waals surface area contributed by atoms with Crippen LogP contribution in [-0.4, -0.2) is 89.2 Å². The molecule has 1 spiro atoms. The second kappa shape index (κ2) is 12.5. The number of likely N-dealkylation sites (tertiary alicyclic amines) is 1. The highest BCUT2D eigenvalue weighted by atomic mass is 19.4. The van der Waals surface area contributed by atoms with Gasteiger partial charge in [-0.15, -0.1) is 0 Å². The summed E-state index contributed by atoms with van der Waals surface area (Å²) in [7, 11) is 0. The number of anilines is 1. The number of carboxylic acid groups (broad SMARTS) is 2. The van der Waals surface area contributed by atoms with Gasteiger partial charge in [0.1, 0.15) is 0 Å². The highest BCUT2D eigenvalue weighted by Gasteiger charge is 2.50. The third-order valence-electron chi connectivity index (χ3n) is 6.27. The normalized spacial score (nSPS) is 23.1. The molecule has 4 heterocycles. The number of amides is 1. The monoisotopic (exact) mass is 543 g/mol. The zero-order chi connectivity index (χ0) is 27.9. The molecule has 0 aliphatic carbocycles. The summed E-state index contributed by atoms with van der Waals surface area (Å²) >= 11 is 0. The second-order valence-corrected chi connectivity index (χ2v) is 8.72. The largest absolute Gasteiger partial charge is 0.490 e. The number of halogens is 6. The first-order valence-corrected chi connectivity index (χ1v) is 11.3. The molecule has 0 aromatic carbocycles. The summed E-state index contributed by atoms with van der Waals surface area (Å²) in [4.78, 5) is 39.6. The van der Waals surface area contributed by atoms with Gasteiger partial charge in [0.15, 0.2) is 0 Å². The van der Waals surface area contributed by atoms with E-state index in [1.54, 1.807) is 12.4 Å². The van der Waals surface area contributed by atoms with E-state index in [-0.39, 0.29) is 5.41 Å². The highest BCUT2D eigenvalue weighted by molar-refractivity contribution is 6.00. The molecular weight excluding hydrogens is 516 g/mol. The zero-order valence-electron chi connectivity index (χ0n) is 19.6. The highest BCUT2D eigenvalue weighted by Crippen LogP contribution is 2.42. The Kier molecular flexibility index (Phi) is 10.3. The van der Waals surface area contributed by atoms with Crippen molar-refractivity contribution in [1.82, 2.24) is 9.88 Å². The van der Waals surface area contributed by atoms with E-state index >= 15 is 0 Å². The van der Waals surface area contributed by atoms with Gasteiger partial charge in [0.05, 0.1) is 17.3 Å². The Labute approximate surface area is 208 Å². The lowest BCUT2D eigenvalue weighted by Crippen LogP contribution is -2.52. The minimum absolute atomic E-state index is 0.174. The average molecular weight is 543 g/mol. The summed E-state index contributed by atoms with van der Waals surface area (Å²) in [5, 5.41) is 14.2. The number of ether oxygens (including phenoxy) is 1. The molecule has 9 nitrogen and oxygen atoms in total. The van der Waals surface area contributed by atoms with E-state index in [0.29, 0.717) is 11.9 Å². The van der Waals surface area contributed by atoms with Crippen molar-refractivity contribution in [3.8, 4) is 0 Å². The molecule has 37 heavy (non-hydrogen) atoms. The fraction of sp³-hybridized carbons (Fsp3) is 0.636. The molecule has 0 bridgehead atoms. The smallest absolute Gasteiger partial charge is 0.475 e. The van der Waals surface area contributed by atoms with E-state index < -0.39 is 24.3 Å². The number of aliphatic carboxylic acids is 2. The van der Waals surface area contributed by atoms with Crippen LogP contribution in [0.2, 0.25) is 0 Å². The second-order valence-electron chi connectivity index (χ2n) is 8.72. The number of hydrogen-bond acceptors (Lipinski definition) is 6. The van der Waals surface area contributed by atoms with Gasteiger partial charge < -0.3 is 19.8 Å². The van der Waals surface area contributed by atoms with E-state index in [2.05, 4.69) is 9.88 Å². The van der Waals surface area contributed by atoms with Gasteiger partial charge in [0.25, 0.3) is 0 Å². The molecule has 3 aliphatic rings. The Balaban J connectivity index is 0.000000286. The van der Waals surface area contributed by atoms with E-state index in [4.69, 9.17) is 24.5 Å². The Hall–Kier alpha value is -2.94. The predicted molar refractivity (Wildman–Crippen MR) is 116 cm³/mol. The average Bonchev–Trinajstić information content (AvgIpc) is 3.15. The molecular formula is C22H27F6N3O6. The van der Waals surface area contributed by atoms with Crippen LogP contribution < -0.4 is 4.90 Å². The SMILES string of the molecule is O=C(O)C(F)(F)F.O=C(O)C(F)(F)F.O=C1N(c2cccnc2)CCC12CCCN(C1CCOCC1)C2. The van der Waals surface area contributed by atoms with Gasteiger partial charge >= 0.3 is 24.3 Å². The number of piperidine rings is 1. The van der Waals surface area contributed by atoms with Gasteiger partial charge in [-0.2, -0.15) is 26.3 Å². The molecule has 3 fully saturated rings. The summed E-state index contributed by atoms with van der Waals surface area (Å²) in [6.45, 7) is 4.61. The summed E-state index contributed by atoms with van der Waals surface area (Å²) in [6.07, 6.45) is -1.26. The van der Waals surface area contributed by atoms with Gasteiger partial charge in [-0.25, -0.2) is 9.59 Å². The van der Waals surface area contributed by atoms with Crippen molar-refractivity contribution in [2.24, 2.45) is 5.41 Å². The number of carboxylic acids is 2. The van der Waals surface area contributed by atoms with Crippen molar-refractivity contribution in [2.45, 2.75) is 50.5 Å². The van der Waals surface area contributed by atoms with Crippen LogP contribution >= 0.6 is 0 Å². The molecule has 2 N–H and O–H groups in total. The molecule has 0 saturated carbocycles. The minimum atomic E-state index is -5.08. The number of aromatic nitrogens is 1. The lowest BCUT2D eigenvalue weighted by molar-refractivity contribution is -0.193. The van der Waals surface area contributed by atoms with E-state index in [9.17, 15) is 31.1 Å². The Morgan fingerprint density at radius 1 is 1.00 bits per heavy atom. The van der Waals surface area contributed by atoms with Gasteiger partial charge in [0.2, 0.25) is 5.91 Å². The number of pyridine rings is 1. The standard InChI is InChI=1S/C18H25N3O2.2C2HF3O2/c22-17-18(7-10-21(17)16-3-1-8-19-13-16)6-2-9-20(14-18)15-4-11-23-12-5-15;2*3-2(4,5)1(6)7/h1,3,8,13,15H,2,4-7,9-12,14H2;2*(H,6,7). The minimum Gasteiger partial charge on any atom is -0.475 e. The van der Waals surface area contributed by atoms with Crippen LogP contribution in [0.3, 0.4) is 0 Å². The van der Waals surface area contributed by atoms with Crippen LogP contribution in [0.4, 0.5) is 32.0 Å². The van der Waals surface area contributed by atoms with Crippen molar-refractivity contribution in [2.75, 3.05) is 37.7 Å². The fourth-order valence-electron chi connectivity index (χ4n) is 4.49. The van der Waals surface area contributed by atoms with Gasteiger partial charge in [-0.05, 0) is 50.8 Å². The van der Waals surface area contributed by atoms with Crippen LogP contribution in [0.25, 0.3) is 0 Å². The van der Waals surface area contributed by atoms with Crippen LogP contribution in [0.5, 0.6) is 0 Å². The fourth-order valence-corrected chi connectivity index (χ4v) is 4.49. The lowest BCUT2D eigenvalue weighted by Gasteiger charge is -2.43.